The molecule has 2 rings (SSSR count). The predicted octanol–water partition coefficient (Wildman–Crippen LogP) is 3.62. The van der Waals surface area contributed by atoms with Crippen molar-refractivity contribution in [3.63, 3.8) is 0 Å². The fourth-order valence-electron chi connectivity index (χ4n) is 1.91. The van der Waals surface area contributed by atoms with E-state index in [1.54, 1.807) is 7.11 Å². The van der Waals surface area contributed by atoms with Crippen molar-refractivity contribution in [2.24, 2.45) is 0 Å². The lowest BCUT2D eigenvalue weighted by Gasteiger charge is -2.08. The average molecular weight is 331 g/mol. The van der Waals surface area contributed by atoms with Crippen molar-refractivity contribution in [2.45, 2.75) is 13.1 Å². The zero-order valence-electron chi connectivity index (χ0n) is 11.2. The quantitative estimate of drug-likeness (QED) is 0.910. The zero-order chi connectivity index (χ0) is 14.4. The SMILES string of the molecule is COc1ccc(CNCc2ccc(Br)cc2)cc1C#N. The first-order valence-electron chi connectivity index (χ1n) is 6.25. The Hall–Kier alpha value is -1.83. The molecule has 0 heterocycles. The molecule has 0 radical (unpaired) electrons. The number of nitrogens with zero attached hydrogens (tertiary/aromatic N) is 1. The Morgan fingerprint density at radius 2 is 1.75 bits per heavy atom. The van der Waals surface area contributed by atoms with Gasteiger partial charge in [-0.15, -0.1) is 0 Å². The molecule has 3 nitrogen and oxygen atoms in total. The van der Waals surface area contributed by atoms with Gasteiger partial charge >= 0.3 is 0 Å². The van der Waals surface area contributed by atoms with Crippen molar-refractivity contribution in [3.05, 3.63) is 63.6 Å². The van der Waals surface area contributed by atoms with E-state index in [1.165, 1.54) is 5.56 Å². The molecule has 2 aromatic rings. The summed E-state index contributed by atoms with van der Waals surface area (Å²) in [6.45, 7) is 1.51. The number of hydrogen-bond donors (Lipinski definition) is 1. The molecule has 0 unspecified atom stereocenters. The summed E-state index contributed by atoms with van der Waals surface area (Å²) in [5.41, 5.74) is 2.86. The highest BCUT2D eigenvalue weighted by atomic mass is 79.9. The molecule has 0 aliphatic carbocycles. The maximum absolute atomic E-state index is 9.05. The molecule has 0 saturated heterocycles. The monoisotopic (exact) mass is 330 g/mol. The number of nitrogens with one attached hydrogen (secondary N) is 1. The van der Waals surface area contributed by atoms with Gasteiger partial charge < -0.3 is 10.1 Å². The van der Waals surface area contributed by atoms with Crippen molar-refractivity contribution in [3.8, 4) is 11.8 Å². The molecule has 0 bridgehead atoms. The van der Waals surface area contributed by atoms with Crippen molar-refractivity contribution < 1.29 is 4.74 Å². The summed E-state index contributed by atoms with van der Waals surface area (Å²) in [7, 11) is 1.57. The minimum Gasteiger partial charge on any atom is -0.495 e. The van der Waals surface area contributed by atoms with Gasteiger partial charge in [-0.1, -0.05) is 34.1 Å². The number of methoxy groups -OCH3 is 1. The lowest BCUT2D eigenvalue weighted by Crippen LogP contribution is -2.12. The fraction of sp³-hybridized carbons (Fsp3) is 0.188. The lowest BCUT2D eigenvalue weighted by atomic mass is 10.1. The van der Waals surface area contributed by atoms with E-state index in [1.807, 2.05) is 30.3 Å². The summed E-state index contributed by atoms with van der Waals surface area (Å²) >= 11 is 3.42. The standard InChI is InChI=1S/C16H15BrN2O/c1-20-16-7-4-13(8-14(16)9-18)11-19-10-12-2-5-15(17)6-3-12/h2-8,19H,10-11H2,1H3. The number of rotatable bonds is 5. The molecule has 0 saturated carbocycles. The van der Waals surface area contributed by atoms with Gasteiger partial charge in [0.2, 0.25) is 0 Å². The van der Waals surface area contributed by atoms with Crippen LogP contribution in [-0.2, 0) is 13.1 Å². The maximum Gasteiger partial charge on any atom is 0.136 e. The maximum atomic E-state index is 9.05. The Balaban J connectivity index is 1.94. The molecule has 4 heteroatoms. The molecule has 2 aromatic carbocycles. The molecule has 0 aliphatic heterocycles. The van der Waals surface area contributed by atoms with Gasteiger partial charge in [-0.2, -0.15) is 5.26 Å². The van der Waals surface area contributed by atoms with Crippen LogP contribution in [0.25, 0.3) is 0 Å². The first-order valence-corrected chi connectivity index (χ1v) is 7.04. The van der Waals surface area contributed by atoms with Crippen molar-refractivity contribution in [1.29, 1.82) is 5.26 Å². The van der Waals surface area contributed by atoms with Crippen molar-refractivity contribution in [2.75, 3.05) is 7.11 Å². The summed E-state index contributed by atoms with van der Waals surface area (Å²) in [5.74, 6) is 0.615. The van der Waals surface area contributed by atoms with E-state index in [0.717, 1.165) is 23.1 Å². The van der Waals surface area contributed by atoms with Crippen LogP contribution in [0.2, 0.25) is 0 Å². The molecule has 0 atom stereocenters. The molecule has 1 N–H and O–H groups in total. The van der Waals surface area contributed by atoms with E-state index in [2.05, 4.69) is 39.4 Å². The van der Waals surface area contributed by atoms with Gasteiger partial charge in [-0.25, -0.2) is 0 Å². The zero-order valence-corrected chi connectivity index (χ0v) is 12.8. The second-order valence-electron chi connectivity index (χ2n) is 4.38. The number of halogens is 1. The molecule has 0 aromatic heterocycles. The van der Waals surface area contributed by atoms with Crippen LogP contribution in [0.5, 0.6) is 5.75 Å². The Morgan fingerprint density at radius 3 is 2.40 bits per heavy atom. The van der Waals surface area contributed by atoms with Gasteiger partial charge in [-0.3, -0.25) is 0 Å². The Labute approximate surface area is 127 Å². The predicted molar refractivity (Wildman–Crippen MR) is 82.4 cm³/mol. The van der Waals surface area contributed by atoms with Gasteiger partial charge in [0.25, 0.3) is 0 Å². The van der Waals surface area contributed by atoms with Crippen LogP contribution >= 0.6 is 15.9 Å². The van der Waals surface area contributed by atoms with Crippen LogP contribution < -0.4 is 10.1 Å². The summed E-state index contributed by atoms with van der Waals surface area (Å²) in [4.78, 5) is 0. The van der Waals surface area contributed by atoms with Gasteiger partial charge in [0.1, 0.15) is 11.8 Å². The van der Waals surface area contributed by atoms with Crippen LogP contribution in [0.4, 0.5) is 0 Å². The minimum atomic E-state index is 0.565. The Kier molecular flexibility index (Phi) is 5.16. The smallest absolute Gasteiger partial charge is 0.136 e. The highest BCUT2D eigenvalue weighted by Gasteiger charge is 2.03. The van der Waals surface area contributed by atoms with Crippen LogP contribution in [-0.4, -0.2) is 7.11 Å². The first kappa shape index (κ1) is 14.6. The molecule has 0 spiro atoms. The van der Waals surface area contributed by atoms with Crippen LogP contribution in [0, 0.1) is 11.3 Å². The molecule has 0 aliphatic rings. The van der Waals surface area contributed by atoms with Crippen LogP contribution in [0.1, 0.15) is 16.7 Å². The molecular weight excluding hydrogens is 316 g/mol. The van der Waals surface area contributed by atoms with Gasteiger partial charge in [0.15, 0.2) is 0 Å². The lowest BCUT2D eigenvalue weighted by molar-refractivity contribution is 0.413. The molecule has 20 heavy (non-hydrogen) atoms. The van der Waals surface area contributed by atoms with E-state index < -0.39 is 0 Å². The molecular formula is C16H15BrN2O. The van der Waals surface area contributed by atoms with Crippen LogP contribution in [0.3, 0.4) is 0 Å². The molecule has 0 amide bonds. The third-order valence-corrected chi connectivity index (χ3v) is 3.48. The van der Waals surface area contributed by atoms with E-state index >= 15 is 0 Å². The summed E-state index contributed by atoms with van der Waals surface area (Å²) in [5, 5.41) is 12.4. The molecule has 0 fully saturated rings. The van der Waals surface area contributed by atoms with E-state index in [0.29, 0.717) is 11.3 Å². The second-order valence-corrected chi connectivity index (χ2v) is 5.29. The number of benzene rings is 2. The number of ether oxygens (including phenoxy) is 1. The summed E-state index contributed by atoms with van der Waals surface area (Å²) < 4.78 is 6.21. The van der Waals surface area contributed by atoms with Gasteiger partial charge in [0.05, 0.1) is 12.7 Å². The van der Waals surface area contributed by atoms with Crippen molar-refractivity contribution in [1.82, 2.24) is 5.32 Å². The minimum absolute atomic E-state index is 0.565. The van der Waals surface area contributed by atoms with E-state index in [-0.39, 0.29) is 0 Å². The third kappa shape index (κ3) is 3.83. The first-order chi connectivity index (χ1) is 9.72. The Morgan fingerprint density at radius 1 is 1.10 bits per heavy atom. The average Bonchev–Trinajstić information content (AvgIpc) is 2.49. The number of nitriles is 1. The molecule has 102 valence electrons. The third-order valence-electron chi connectivity index (χ3n) is 2.96. The van der Waals surface area contributed by atoms with Crippen LogP contribution in [0.15, 0.2) is 46.9 Å². The summed E-state index contributed by atoms with van der Waals surface area (Å²) in [6.07, 6.45) is 0. The highest BCUT2D eigenvalue weighted by Crippen LogP contribution is 2.18. The highest BCUT2D eigenvalue weighted by molar-refractivity contribution is 9.10. The second kappa shape index (κ2) is 7.09. The van der Waals surface area contributed by atoms with E-state index in [9.17, 15) is 0 Å². The largest absolute Gasteiger partial charge is 0.495 e. The van der Waals surface area contributed by atoms with E-state index in [4.69, 9.17) is 10.00 Å². The Bertz CT molecular complexity index is 617. The topological polar surface area (TPSA) is 45.0 Å². The van der Waals surface area contributed by atoms with Gasteiger partial charge in [0, 0.05) is 17.6 Å². The normalized spacial score (nSPS) is 10.1. The summed E-state index contributed by atoms with van der Waals surface area (Å²) in [6, 6.07) is 16.0. The fourth-order valence-corrected chi connectivity index (χ4v) is 2.17. The number of hydrogen-bond acceptors (Lipinski definition) is 3. The van der Waals surface area contributed by atoms with Gasteiger partial charge in [-0.05, 0) is 35.4 Å². The van der Waals surface area contributed by atoms with Crippen molar-refractivity contribution >= 4 is 15.9 Å².